The summed E-state index contributed by atoms with van der Waals surface area (Å²) in [6.45, 7) is 7.41. The molecule has 0 unspecified atom stereocenters. The number of hydrogen-bond donors (Lipinski definition) is 4. The van der Waals surface area contributed by atoms with Gasteiger partial charge in [0.1, 0.15) is 46.4 Å². The highest BCUT2D eigenvalue weighted by molar-refractivity contribution is 9.10. The van der Waals surface area contributed by atoms with E-state index in [2.05, 4.69) is 245 Å². The summed E-state index contributed by atoms with van der Waals surface area (Å²) in [6, 6.07) is 76.9. The van der Waals surface area contributed by atoms with Crippen LogP contribution in [-0.2, 0) is 30.1 Å². The van der Waals surface area contributed by atoms with E-state index in [9.17, 15) is 4.39 Å². The van der Waals surface area contributed by atoms with Crippen LogP contribution in [0.25, 0.3) is 32.3 Å². The summed E-state index contributed by atoms with van der Waals surface area (Å²) >= 11 is 8.99. The van der Waals surface area contributed by atoms with Crippen molar-refractivity contribution in [1.29, 1.82) is 0 Å². The molecule has 4 heterocycles. The van der Waals surface area contributed by atoms with Gasteiger partial charge in [-0.25, -0.2) is 4.39 Å². The van der Waals surface area contributed by atoms with Crippen LogP contribution in [-0.4, -0.2) is 97.0 Å². The van der Waals surface area contributed by atoms with E-state index in [1.165, 1.54) is 85.9 Å². The molecule has 0 aliphatic carbocycles. The van der Waals surface area contributed by atoms with E-state index in [0.29, 0.717) is 6.42 Å². The van der Waals surface area contributed by atoms with Crippen LogP contribution in [0.3, 0.4) is 0 Å². The molecule has 11 aromatic carbocycles. The van der Waals surface area contributed by atoms with Gasteiger partial charge in [0.2, 0.25) is 0 Å². The minimum absolute atomic E-state index is 0.146. The molecule has 0 bridgehead atoms. The molecule has 0 saturated heterocycles. The standard InChI is InChI=1S/C22H21FN2.2C22H22N2OS.C18H19BrN2OS/c23-21-11-4-10-20(22-24-14-5-15-25-22)19(21)13-12-17-8-3-7-16-6-1-2-9-18(16)17;2*1-25-20-12-11-16-7-2-4-9-18(16)21(20)26-15-17-8-3-5-10-19(17)22-23-13-6-14-24-22;1-22-16-8-7-14(19)11-13(16)12-23-17-6-3-2-5-15(17)18-20-9-4-10-21-18/h1-4,6-11H,5,12-15H2,(H,24,25);2*2-5,7-12H,6,13-15H2,1H3,(H,23,24);2-3,5-8,11H,4,9-10,12H2,1H3,(H,20,21). The molecular formula is C84H84BrFN8O3S3. The maximum atomic E-state index is 14.5. The first-order valence-corrected chi connectivity index (χ1v) is 38.0. The average Bonchev–Trinajstić information content (AvgIpc) is 0.839. The number of aliphatic imine (C=N–C) groups is 4. The zero-order chi connectivity index (χ0) is 68.7. The Bertz CT molecular complexity index is 4570. The number of methoxy groups -OCH3 is 3. The van der Waals surface area contributed by atoms with Gasteiger partial charge in [0.25, 0.3) is 0 Å². The highest BCUT2D eigenvalue weighted by atomic mass is 79.9. The molecule has 16 heteroatoms. The summed E-state index contributed by atoms with van der Waals surface area (Å²) in [4.78, 5) is 22.1. The predicted molar refractivity (Wildman–Crippen MR) is 424 cm³/mol. The number of aryl methyl sites for hydroxylation is 1. The summed E-state index contributed by atoms with van der Waals surface area (Å²) in [5.74, 6) is 9.14. The second-order valence-corrected chi connectivity index (χ2v) is 28.1. The lowest BCUT2D eigenvalue weighted by molar-refractivity contribution is 0.406. The first-order chi connectivity index (χ1) is 49.3. The SMILES string of the molecule is COc1ccc(Br)cc1CSc1ccccc1C1=NCCCN1.COc1ccc2ccccc2c1SCc1ccccc1C1=NCCCN1.COc1ccc2ccccc2c1SCc1ccccc1C1=NCCCN1.Fc1cccc(C2=NCCCN2)c1CCc1cccc2ccccc12. The third kappa shape index (κ3) is 18.3. The highest BCUT2D eigenvalue weighted by Gasteiger charge is 2.20. The van der Waals surface area contributed by atoms with Crippen LogP contribution in [0.2, 0.25) is 0 Å². The Labute approximate surface area is 608 Å². The van der Waals surface area contributed by atoms with Crippen LogP contribution in [0.15, 0.2) is 264 Å². The Hall–Kier alpha value is -9.06. The Morgan fingerprint density at radius 1 is 0.370 bits per heavy atom. The van der Waals surface area contributed by atoms with Crippen LogP contribution in [0, 0.1) is 5.82 Å². The van der Waals surface area contributed by atoms with Crippen molar-refractivity contribution >= 4 is 107 Å². The van der Waals surface area contributed by atoms with E-state index in [1.54, 1.807) is 33.5 Å². The first kappa shape index (κ1) is 70.8. The number of ether oxygens (including phenoxy) is 3. The van der Waals surface area contributed by atoms with Crippen molar-refractivity contribution in [3.63, 3.8) is 0 Å². The lowest BCUT2D eigenvalue weighted by Gasteiger charge is -2.18. The number of hydrogen-bond acceptors (Lipinski definition) is 14. The van der Waals surface area contributed by atoms with Gasteiger partial charge in [-0.1, -0.05) is 198 Å². The number of rotatable bonds is 19. The van der Waals surface area contributed by atoms with E-state index in [-0.39, 0.29) is 5.82 Å². The predicted octanol–water partition coefficient (Wildman–Crippen LogP) is 18.8. The van der Waals surface area contributed by atoms with Crippen molar-refractivity contribution in [2.75, 3.05) is 73.7 Å². The van der Waals surface area contributed by atoms with Gasteiger partial charge >= 0.3 is 0 Å². The van der Waals surface area contributed by atoms with E-state index in [4.69, 9.17) is 14.2 Å². The van der Waals surface area contributed by atoms with Crippen LogP contribution < -0.4 is 35.5 Å². The number of benzene rings is 11. The molecule has 4 N–H and O–H groups in total. The molecule has 15 rings (SSSR count). The Balaban J connectivity index is 0.000000127. The van der Waals surface area contributed by atoms with E-state index >= 15 is 0 Å². The topological polar surface area (TPSA) is 125 Å². The second kappa shape index (κ2) is 36.3. The molecule has 4 aliphatic heterocycles. The Kier molecular flexibility index (Phi) is 25.7. The summed E-state index contributed by atoms with van der Waals surface area (Å²) < 4.78 is 32.3. The number of amidine groups is 4. The summed E-state index contributed by atoms with van der Waals surface area (Å²) in [6.07, 6.45) is 5.82. The van der Waals surface area contributed by atoms with Crippen molar-refractivity contribution in [2.45, 2.75) is 70.5 Å². The monoisotopic (exact) mass is 1450 g/mol. The van der Waals surface area contributed by atoms with Crippen molar-refractivity contribution < 1.29 is 18.6 Å². The fourth-order valence-electron chi connectivity index (χ4n) is 12.6. The first-order valence-electron chi connectivity index (χ1n) is 34.3. The van der Waals surface area contributed by atoms with Crippen molar-refractivity contribution in [3.8, 4) is 17.2 Å². The van der Waals surface area contributed by atoms with Crippen molar-refractivity contribution in [2.24, 2.45) is 20.0 Å². The Morgan fingerprint density at radius 3 is 1.29 bits per heavy atom. The molecule has 11 aromatic rings. The van der Waals surface area contributed by atoms with E-state index in [0.717, 1.165) is 158 Å². The van der Waals surface area contributed by atoms with Gasteiger partial charge in [-0.05, 0) is 136 Å². The van der Waals surface area contributed by atoms with Crippen molar-refractivity contribution in [1.82, 2.24) is 21.3 Å². The van der Waals surface area contributed by atoms with Crippen molar-refractivity contribution in [3.05, 3.63) is 285 Å². The van der Waals surface area contributed by atoms with Crippen LogP contribution in [0.1, 0.15) is 75.8 Å². The van der Waals surface area contributed by atoms with Gasteiger partial charge in [-0.3, -0.25) is 20.0 Å². The third-order valence-electron chi connectivity index (χ3n) is 17.7. The van der Waals surface area contributed by atoms with Crippen LogP contribution in [0.4, 0.5) is 4.39 Å². The van der Waals surface area contributed by atoms with Gasteiger partial charge in [-0.2, -0.15) is 0 Å². The van der Waals surface area contributed by atoms with Gasteiger partial charge in [0.05, 0.1) is 31.1 Å². The number of nitrogens with one attached hydrogen (secondary N) is 4. The normalized spacial score (nSPS) is 14.1. The molecule has 100 heavy (non-hydrogen) atoms. The fourth-order valence-corrected chi connectivity index (χ4v) is 16.4. The molecule has 0 saturated carbocycles. The van der Waals surface area contributed by atoms with Crippen LogP contribution >= 0.6 is 51.2 Å². The van der Waals surface area contributed by atoms with E-state index in [1.807, 2.05) is 59.6 Å². The highest BCUT2D eigenvalue weighted by Crippen LogP contribution is 2.41. The second-order valence-electron chi connectivity index (χ2n) is 24.2. The number of halogens is 2. The maximum Gasteiger partial charge on any atom is 0.133 e. The van der Waals surface area contributed by atoms with Gasteiger partial charge in [0.15, 0.2) is 0 Å². The number of nitrogens with zero attached hydrogens (tertiary/aromatic N) is 4. The molecule has 4 aliphatic rings. The lowest BCUT2D eigenvalue weighted by atomic mass is 9.95. The molecule has 0 atom stereocenters. The molecule has 0 radical (unpaired) electrons. The summed E-state index contributed by atoms with van der Waals surface area (Å²) in [7, 11) is 5.19. The summed E-state index contributed by atoms with van der Waals surface area (Å²) in [5, 5.41) is 21.0. The maximum absolute atomic E-state index is 14.5. The van der Waals surface area contributed by atoms with Crippen LogP contribution in [0.5, 0.6) is 17.2 Å². The largest absolute Gasteiger partial charge is 0.496 e. The molecule has 0 fully saturated rings. The molecule has 0 aromatic heterocycles. The number of thioether (sulfide) groups is 3. The minimum Gasteiger partial charge on any atom is -0.496 e. The smallest absolute Gasteiger partial charge is 0.133 e. The molecule has 510 valence electrons. The molecular weight excluding hydrogens is 1360 g/mol. The fraction of sp³-hybridized carbons (Fsp3) is 0.238. The van der Waals surface area contributed by atoms with E-state index < -0.39 is 0 Å². The average molecular weight is 1450 g/mol. The molecule has 11 nitrogen and oxygen atoms in total. The minimum atomic E-state index is -0.146. The zero-order valence-electron chi connectivity index (χ0n) is 56.9. The van der Waals surface area contributed by atoms with Gasteiger partial charge < -0.3 is 35.5 Å². The van der Waals surface area contributed by atoms with Gasteiger partial charge in [-0.15, -0.1) is 35.3 Å². The van der Waals surface area contributed by atoms with Gasteiger partial charge in [0, 0.05) is 107 Å². The summed E-state index contributed by atoms with van der Waals surface area (Å²) in [5.41, 5.74) is 10.3. The zero-order valence-corrected chi connectivity index (χ0v) is 60.9. The molecule has 0 amide bonds. The lowest BCUT2D eigenvalue weighted by Crippen LogP contribution is -2.31. The Morgan fingerprint density at radius 2 is 0.770 bits per heavy atom. The quantitative estimate of drug-likeness (QED) is 0.0582. The number of fused-ring (bicyclic) bond motifs is 3. The third-order valence-corrected chi connectivity index (χ3v) is 21.6. The molecule has 0 spiro atoms.